The lowest BCUT2D eigenvalue weighted by Crippen LogP contribution is -2.11. The summed E-state index contributed by atoms with van der Waals surface area (Å²) in [6.45, 7) is 5.18. The van der Waals surface area contributed by atoms with Crippen LogP contribution in [0.5, 0.6) is 0 Å². The van der Waals surface area contributed by atoms with E-state index < -0.39 is 5.89 Å². The van der Waals surface area contributed by atoms with Gasteiger partial charge in [0.25, 0.3) is 0 Å². The SMILES string of the molecule is [2H]C(C)(C)COCCN. The Bertz CT molecular complexity index is 69.9. The Hall–Kier alpha value is -0.0800. The summed E-state index contributed by atoms with van der Waals surface area (Å²) >= 11 is 0. The van der Waals surface area contributed by atoms with Crippen LogP contribution in [0.15, 0.2) is 0 Å². The zero-order valence-electron chi connectivity index (χ0n) is 6.61. The van der Waals surface area contributed by atoms with E-state index in [2.05, 4.69) is 0 Å². The van der Waals surface area contributed by atoms with Crippen molar-refractivity contribution in [1.29, 1.82) is 0 Å². The first-order chi connectivity index (χ1) is 4.06. The maximum Gasteiger partial charge on any atom is 0.0588 e. The van der Waals surface area contributed by atoms with Crippen LogP contribution in [0.3, 0.4) is 0 Å². The fourth-order valence-corrected chi connectivity index (χ4v) is 0.360. The summed E-state index contributed by atoms with van der Waals surface area (Å²) in [5.74, 6) is -0.477. The summed E-state index contributed by atoms with van der Waals surface area (Å²) in [5, 5.41) is 0. The van der Waals surface area contributed by atoms with Gasteiger partial charge in [0.15, 0.2) is 0 Å². The smallest absolute Gasteiger partial charge is 0.0588 e. The fraction of sp³-hybridized carbons (Fsp3) is 1.00. The molecule has 0 spiro atoms. The number of hydrogen-bond donors (Lipinski definition) is 1. The Kier molecular flexibility index (Phi) is 3.83. The molecule has 0 aliphatic carbocycles. The van der Waals surface area contributed by atoms with Gasteiger partial charge in [-0.2, -0.15) is 0 Å². The van der Waals surface area contributed by atoms with Crippen molar-refractivity contribution < 1.29 is 6.11 Å². The second kappa shape index (κ2) is 5.06. The first-order valence-corrected chi connectivity index (χ1v) is 2.84. The highest BCUT2D eigenvalue weighted by molar-refractivity contribution is 4.39. The molecule has 2 nitrogen and oxygen atoms in total. The van der Waals surface area contributed by atoms with Crippen LogP contribution in [0, 0.1) is 5.89 Å². The van der Waals surface area contributed by atoms with E-state index in [1.807, 2.05) is 13.8 Å². The number of nitrogens with two attached hydrogens (primary N) is 1. The molecule has 0 fully saturated rings. The van der Waals surface area contributed by atoms with Crippen molar-refractivity contribution in [3.63, 3.8) is 0 Å². The standard InChI is InChI=1S/C6H15NO/c1-6(2)5-8-4-3-7/h6H,3-5,7H2,1-2H3/i6D. The van der Waals surface area contributed by atoms with Crippen molar-refractivity contribution in [1.82, 2.24) is 0 Å². The van der Waals surface area contributed by atoms with Gasteiger partial charge in [-0.3, -0.25) is 0 Å². The van der Waals surface area contributed by atoms with Gasteiger partial charge in [0.05, 0.1) is 6.61 Å². The predicted molar refractivity (Wildman–Crippen MR) is 34.7 cm³/mol. The fourth-order valence-electron chi connectivity index (χ4n) is 0.360. The van der Waals surface area contributed by atoms with Crippen LogP contribution in [-0.2, 0) is 4.74 Å². The maximum absolute atomic E-state index is 7.34. The first-order valence-electron chi connectivity index (χ1n) is 3.34. The highest BCUT2D eigenvalue weighted by Gasteiger charge is 1.90. The molecule has 50 valence electrons. The Morgan fingerprint density at radius 3 is 2.75 bits per heavy atom. The molecule has 0 heterocycles. The summed E-state index contributed by atoms with van der Waals surface area (Å²) < 4.78 is 12.4. The van der Waals surface area contributed by atoms with E-state index in [-0.39, 0.29) is 0 Å². The minimum atomic E-state index is -0.477. The zero-order valence-corrected chi connectivity index (χ0v) is 5.61. The monoisotopic (exact) mass is 118 g/mol. The van der Waals surface area contributed by atoms with Gasteiger partial charge >= 0.3 is 0 Å². The summed E-state index contributed by atoms with van der Waals surface area (Å²) in [5.41, 5.74) is 5.17. The quantitative estimate of drug-likeness (QED) is 0.549. The first kappa shape index (κ1) is 6.05. The molecule has 2 N–H and O–H groups in total. The molecule has 0 bridgehead atoms. The lowest BCUT2D eigenvalue weighted by Gasteiger charge is -2.03. The van der Waals surface area contributed by atoms with Crippen LogP contribution in [-0.4, -0.2) is 19.8 Å². The van der Waals surface area contributed by atoms with Crippen molar-refractivity contribution >= 4 is 0 Å². The number of rotatable bonds is 4. The van der Waals surface area contributed by atoms with E-state index in [1.54, 1.807) is 0 Å². The molecule has 8 heavy (non-hydrogen) atoms. The van der Waals surface area contributed by atoms with Gasteiger partial charge in [0.2, 0.25) is 0 Å². The van der Waals surface area contributed by atoms with Crippen molar-refractivity contribution in [3.8, 4) is 0 Å². The molecule has 0 rings (SSSR count). The van der Waals surface area contributed by atoms with Crippen molar-refractivity contribution in [2.75, 3.05) is 19.8 Å². The van der Waals surface area contributed by atoms with E-state index >= 15 is 0 Å². The largest absolute Gasteiger partial charge is 0.380 e. The van der Waals surface area contributed by atoms with Crippen LogP contribution in [0.4, 0.5) is 0 Å². The summed E-state index contributed by atoms with van der Waals surface area (Å²) in [6.07, 6.45) is 0. The molecule has 2 heteroatoms. The van der Waals surface area contributed by atoms with E-state index in [4.69, 9.17) is 11.8 Å². The Labute approximate surface area is 52.4 Å². The second-order valence-corrected chi connectivity index (χ2v) is 2.05. The summed E-state index contributed by atoms with van der Waals surface area (Å²) in [6, 6.07) is 0. The Morgan fingerprint density at radius 1 is 1.75 bits per heavy atom. The molecule has 0 aromatic carbocycles. The van der Waals surface area contributed by atoms with Gasteiger partial charge in [0.1, 0.15) is 0 Å². The summed E-state index contributed by atoms with van der Waals surface area (Å²) in [4.78, 5) is 0. The molecule has 0 aromatic heterocycles. The van der Waals surface area contributed by atoms with Crippen LogP contribution >= 0.6 is 0 Å². The molecule has 0 saturated carbocycles. The van der Waals surface area contributed by atoms with Crippen molar-refractivity contribution in [2.24, 2.45) is 11.6 Å². The average molecular weight is 118 g/mol. The van der Waals surface area contributed by atoms with E-state index in [0.717, 1.165) is 0 Å². The second-order valence-electron chi connectivity index (χ2n) is 2.05. The minimum absolute atomic E-state index is 0.462. The van der Waals surface area contributed by atoms with Gasteiger partial charge in [-0.15, -0.1) is 0 Å². The third-order valence-electron chi connectivity index (χ3n) is 0.653. The molecule has 0 aliphatic heterocycles. The average Bonchev–Trinajstić information content (AvgIpc) is 1.63. The van der Waals surface area contributed by atoms with E-state index in [1.165, 1.54) is 0 Å². The van der Waals surface area contributed by atoms with Crippen LogP contribution in [0.1, 0.15) is 15.2 Å². The molecule has 0 aliphatic rings. The molecule has 0 amide bonds. The Balaban J connectivity index is 3.07. The van der Waals surface area contributed by atoms with Crippen molar-refractivity contribution in [3.05, 3.63) is 0 Å². The van der Waals surface area contributed by atoms with Gasteiger partial charge in [-0.25, -0.2) is 0 Å². The minimum Gasteiger partial charge on any atom is -0.380 e. The van der Waals surface area contributed by atoms with Gasteiger partial charge in [-0.05, 0) is 5.89 Å². The lowest BCUT2D eigenvalue weighted by molar-refractivity contribution is 0.116. The molecule has 0 atom stereocenters. The molecule has 0 radical (unpaired) electrons. The number of ether oxygens (including phenoxy) is 1. The highest BCUT2D eigenvalue weighted by atomic mass is 16.5. The predicted octanol–water partition coefficient (Wildman–Crippen LogP) is 0.618. The lowest BCUT2D eigenvalue weighted by atomic mass is 10.2. The van der Waals surface area contributed by atoms with Gasteiger partial charge in [-0.1, -0.05) is 13.8 Å². The Morgan fingerprint density at radius 2 is 2.38 bits per heavy atom. The topological polar surface area (TPSA) is 35.2 Å². The molecule has 0 unspecified atom stereocenters. The van der Waals surface area contributed by atoms with Crippen LogP contribution in [0.25, 0.3) is 0 Å². The molecular weight excluding hydrogens is 102 g/mol. The normalized spacial score (nSPS) is 13.6. The van der Waals surface area contributed by atoms with Crippen molar-refractivity contribution in [2.45, 2.75) is 13.8 Å². The molecular formula is C6H15NO. The van der Waals surface area contributed by atoms with E-state index in [9.17, 15) is 0 Å². The highest BCUT2D eigenvalue weighted by Crippen LogP contribution is 1.90. The van der Waals surface area contributed by atoms with E-state index in [0.29, 0.717) is 19.8 Å². The van der Waals surface area contributed by atoms with Gasteiger partial charge in [0, 0.05) is 14.5 Å². The molecule has 0 saturated heterocycles. The number of hydrogen-bond acceptors (Lipinski definition) is 2. The molecule has 0 aromatic rings. The zero-order chi connectivity index (χ0) is 7.33. The van der Waals surface area contributed by atoms with Crippen LogP contribution < -0.4 is 5.73 Å². The van der Waals surface area contributed by atoms with Crippen LogP contribution in [0.2, 0.25) is 0 Å². The maximum atomic E-state index is 7.34. The summed E-state index contributed by atoms with van der Waals surface area (Å²) in [7, 11) is 0. The third-order valence-corrected chi connectivity index (χ3v) is 0.653. The van der Waals surface area contributed by atoms with Gasteiger partial charge < -0.3 is 10.5 Å². The third kappa shape index (κ3) is 5.92.